The minimum Gasteiger partial charge on any atom is -0.480 e. The molecular formula is C34H50N4O3. The van der Waals surface area contributed by atoms with Crippen LogP contribution in [-0.2, 0) is 9.73 Å². The molecule has 3 heterocycles. The summed E-state index contributed by atoms with van der Waals surface area (Å²) in [6.07, 6.45) is 30.0. The Morgan fingerprint density at radius 2 is 1.93 bits per heavy atom. The number of fused-ring (bicyclic) bond motifs is 1. The number of carbonyl (C=O) groups is 1. The minimum absolute atomic E-state index is 0.122. The summed E-state index contributed by atoms with van der Waals surface area (Å²) in [5, 5.41) is 14.4. The number of hydroxylamine groups is 1. The molecule has 7 nitrogen and oxygen atoms in total. The lowest BCUT2D eigenvalue weighted by molar-refractivity contribution is -0.145. The quantitative estimate of drug-likeness (QED) is 0.335. The highest BCUT2D eigenvalue weighted by atomic mass is 16.8. The largest absolute Gasteiger partial charge is 0.480 e. The van der Waals surface area contributed by atoms with Crippen LogP contribution in [-0.4, -0.2) is 71.4 Å². The van der Waals surface area contributed by atoms with Crippen molar-refractivity contribution in [2.24, 2.45) is 34.7 Å². The van der Waals surface area contributed by atoms with Gasteiger partial charge in [0.25, 0.3) is 0 Å². The van der Waals surface area contributed by atoms with Gasteiger partial charge in [-0.15, -0.1) is 5.48 Å². The van der Waals surface area contributed by atoms with Gasteiger partial charge in [0.15, 0.2) is 0 Å². The number of oxime groups is 1. The molecular weight excluding hydrogens is 512 g/mol. The number of rotatable bonds is 11. The standard InChI is InChI=1S/C34H50N4O3/c39-34(40)33(28-12-5-2-6-13-28)38-23-29(30(24-38)27-10-3-1-4-11-27)18-21-37-19-16-25(17-20-37)8-7-9-26-14-15-31-32(22-26)36-41-35-31/h1,3-4,10,14-15,22,25,27-31,33,35H,2,5-9,11-13,16-21,23-24H2,(H,39,40)/t27?,29?,30-,31?,33+/m0/s1. The van der Waals surface area contributed by atoms with Crippen LogP contribution in [0.5, 0.6) is 0 Å². The highest BCUT2D eigenvalue weighted by Gasteiger charge is 2.44. The van der Waals surface area contributed by atoms with Gasteiger partial charge in [0, 0.05) is 13.1 Å². The Bertz CT molecular complexity index is 1050. The summed E-state index contributed by atoms with van der Waals surface area (Å²) < 4.78 is 0. The molecule has 6 aliphatic rings. The van der Waals surface area contributed by atoms with Crippen molar-refractivity contribution in [1.82, 2.24) is 15.3 Å². The summed E-state index contributed by atoms with van der Waals surface area (Å²) >= 11 is 0. The number of aliphatic carboxylic acids is 1. The summed E-state index contributed by atoms with van der Waals surface area (Å²) in [5.41, 5.74) is 5.25. The lowest BCUT2D eigenvalue weighted by atomic mass is 9.79. The molecule has 2 N–H and O–H groups in total. The summed E-state index contributed by atoms with van der Waals surface area (Å²) in [6, 6.07) is -0.170. The lowest BCUT2D eigenvalue weighted by Crippen LogP contribution is -2.46. The molecule has 0 aromatic rings. The van der Waals surface area contributed by atoms with Crippen LogP contribution in [0.1, 0.15) is 77.0 Å². The SMILES string of the molecule is O=C(O)[C@@H](C1CCCCC1)N1CC(CCN2CCC(CCCC3=CC4=NONC4C=C3)CC2)[C@H](C2C=CC=CC2)C1. The van der Waals surface area contributed by atoms with Crippen molar-refractivity contribution in [3.8, 4) is 0 Å². The summed E-state index contributed by atoms with van der Waals surface area (Å²) in [5.74, 6) is 2.27. The Hall–Kier alpha value is -2.22. The zero-order chi connectivity index (χ0) is 28.0. The average molecular weight is 563 g/mol. The molecule has 0 amide bonds. The molecule has 41 heavy (non-hydrogen) atoms. The van der Waals surface area contributed by atoms with Gasteiger partial charge in [0.05, 0.1) is 0 Å². The van der Waals surface area contributed by atoms with E-state index in [1.807, 2.05) is 0 Å². The fourth-order valence-electron chi connectivity index (χ4n) is 8.53. The topological polar surface area (TPSA) is 77.4 Å². The molecule has 0 spiro atoms. The molecule has 3 unspecified atom stereocenters. The maximum absolute atomic E-state index is 12.5. The lowest BCUT2D eigenvalue weighted by Gasteiger charge is -2.34. The molecule has 3 aliphatic heterocycles. The monoisotopic (exact) mass is 562 g/mol. The Balaban J connectivity index is 0.974. The Labute approximate surface area is 246 Å². The number of nitrogens with one attached hydrogen (secondary N) is 1. The fourth-order valence-corrected chi connectivity index (χ4v) is 8.53. The molecule has 3 fully saturated rings. The first kappa shape index (κ1) is 28.9. The Morgan fingerprint density at radius 3 is 2.71 bits per heavy atom. The maximum Gasteiger partial charge on any atom is 0.321 e. The first-order valence-corrected chi connectivity index (χ1v) is 16.5. The molecule has 0 aromatic heterocycles. The normalized spacial score (nSPS) is 32.0. The van der Waals surface area contributed by atoms with E-state index in [1.165, 1.54) is 70.0 Å². The molecule has 7 heteroatoms. The summed E-state index contributed by atoms with van der Waals surface area (Å²) in [4.78, 5) is 22.6. The molecule has 0 aromatic carbocycles. The maximum atomic E-state index is 12.5. The van der Waals surface area contributed by atoms with E-state index in [-0.39, 0.29) is 12.1 Å². The van der Waals surface area contributed by atoms with E-state index < -0.39 is 5.97 Å². The molecule has 224 valence electrons. The van der Waals surface area contributed by atoms with E-state index in [9.17, 15) is 9.90 Å². The van der Waals surface area contributed by atoms with Gasteiger partial charge >= 0.3 is 5.97 Å². The van der Waals surface area contributed by atoms with Crippen LogP contribution in [0.2, 0.25) is 0 Å². The second-order valence-corrected chi connectivity index (χ2v) is 13.5. The van der Waals surface area contributed by atoms with Crippen LogP contribution in [0, 0.1) is 29.6 Å². The number of piperidine rings is 1. The number of likely N-dealkylation sites (tertiary alicyclic amines) is 2. The van der Waals surface area contributed by atoms with Gasteiger partial charge in [0.1, 0.15) is 17.8 Å². The van der Waals surface area contributed by atoms with Gasteiger partial charge in [-0.25, -0.2) is 0 Å². The minimum atomic E-state index is -0.587. The van der Waals surface area contributed by atoms with E-state index in [0.717, 1.165) is 56.9 Å². The van der Waals surface area contributed by atoms with E-state index in [1.54, 1.807) is 0 Å². The first-order chi connectivity index (χ1) is 20.1. The van der Waals surface area contributed by atoms with Gasteiger partial charge in [-0.1, -0.05) is 67.3 Å². The number of allylic oxidation sites excluding steroid dienone is 6. The second-order valence-electron chi connectivity index (χ2n) is 13.5. The smallest absolute Gasteiger partial charge is 0.321 e. The highest BCUT2D eigenvalue weighted by molar-refractivity contribution is 6.02. The van der Waals surface area contributed by atoms with Crippen molar-refractivity contribution in [3.05, 3.63) is 48.1 Å². The third-order valence-electron chi connectivity index (χ3n) is 10.9. The predicted octanol–water partition coefficient (Wildman–Crippen LogP) is 5.73. The van der Waals surface area contributed by atoms with E-state index in [4.69, 9.17) is 4.94 Å². The van der Waals surface area contributed by atoms with Crippen molar-refractivity contribution in [2.75, 3.05) is 32.7 Å². The van der Waals surface area contributed by atoms with Crippen LogP contribution < -0.4 is 5.48 Å². The number of carboxylic acids is 1. The number of nitrogens with zero attached hydrogens (tertiary/aromatic N) is 3. The Morgan fingerprint density at radius 1 is 1.07 bits per heavy atom. The first-order valence-electron chi connectivity index (χ1n) is 16.5. The molecule has 2 saturated heterocycles. The van der Waals surface area contributed by atoms with Crippen molar-refractivity contribution >= 4 is 11.7 Å². The van der Waals surface area contributed by atoms with E-state index in [0.29, 0.717) is 23.7 Å². The van der Waals surface area contributed by atoms with Gasteiger partial charge in [-0.3, -0.25) is 14.6 Å². The number of hydrogen-bond acceptors (Lipinski definition) is 6. The molecule has 3 aliphatic carbocycles. The zero-order valence-corrected chi connectivity index (χ0v) is 24.7. The van der Waals surface area contributed by atoms with Gasteiger partial charge in [-0.2, -0.15) is 0 Å². The van der Waals surface area contributed by atoms with E-state index >= 15 is 0 Å². The van der Waals surface area contributed by atoms with Crippen molar-refractivity contribution < 1.29 is 14.8 Å². The van der Waals surface area contributed by atoms with E-state index in [2.05, 4.69) is 63.0 Å². The second kappa shape index (κ2) is 13.8. The highest BCUT2D eigenvalue weighted by Crippen LogP contribution is 2.40. The van der Waals surface area contributed by atoms with Crippen molar-refractivity contribution in [1.29, 1.82) is 0 Å². The van der Waals surface area contributed by atoms with Gasteiger partial charge in [-0.05, 0) is 112 Å². The third-order valence-corrected chi connectivity index (χ3v) is 10.9. The molecule has 0 radical (unpaired) electrons. The number of carboxylic acid groups (broad SMARTS) is 1. The van der Waals surface area contributed by atoms with Crippen LogP contribution in [0.15, 0.2) is 53.3 Å². The van der Waals surface area contributed by atoms with Crippen LogP contribution in [0.3, 0.4) is 0 Å². The average Bonchev–Trinajstić information content (AvgIpc) is 3.65. The van der Waals surface area contributed by atoms with Crippen LogP contribution >= 0.6 is 0 Å². The summed E-state index contributed by atoms with van der Waals surface area (Å²) in [7, 11) is 0. The van der Waals surface area contributed by atoms with Gasteiger partial charge in [0.2, 0.25) is 0 Å². The number of hydrogen-bond donors (Lipinski definition) is 2. The van der Waals surface area contributed by atoms with Crippen LogP contribution in [0.4, 0.5) is 0 Å². The van der Waals surface area contributed by atoms with Crippen molar-refractivity contribution in [2.45, 2.75) is 89.1 Å². The zero-order valence-electron chi connectivity index (χ0n) is 24.7. The van der Waals surface area contributed by atoms with Crippen molar-refractivity contribution in [3.63, 3.8) is 0 Å². The summed E-state index contributed by atoms with van der Waals surface area (Å²) in [6.45, 7) is 5.49. The van der Waals surface area contributed by atoms with Crippen LogP contribution in [0.25, 0.3) is 0 Å². The van der Waals surface area contributed by atoms with Gasteiger partial charge < -0.3 is 10.0 Å². The third kappa shape index (κ3) is 7.23. The molecule has 1 saturated carbocycles. The molecule has 0 bridgehead atoms. The predicted molar refractivity (Wildman–Crippen MR) is 163 cm³/mol. The molecule has 5 atom stereocenters. The molecule has 6 rings (SSSR count). The fraction of sp³-hybridized carbons (Fsp3) is 0.706. The Kier molecular flexibility index (Phi) is 9.74.